The van der Waals surface area contributed by atoms with Gasteiger partial charge in [0.1, 0.15) is 12.0 Å². The summed E-state index contributed by atoms with van der Waals surface area (Å²) in [4.78, 5) is 10.7. The number of hydrogen-bond acceptors (Lipinski definition) is 3. The number of rotatable bonds is 6. The summed E-state index contributed by atoms with van der Waals surface area (Å²) in [6.45, 7) is 2.61. The number of carboxylic acids is 1. The molecule has 0 saturated heterocycles. The predicted octanol–water partition coefficient (Wildman–Crippen LogP) is 3.46. The fourth-order valence-electron chi connectivity index (χ4n) is 1.91. The molecule has 2 aromatic rings. The third-order valence-corrected chi connectivity index (χ3v) is 3.51. The SMILES string of the molecule is CC(Cc1ccc(Br)cc1)NCc1cc(C(=O)O)co1. The first-order chi connectivity index (χ1) is 9.54. The Morgan fingerprint density at radius 3 is 2.70 bits per heavy atom. The fraction of sp³-hybridized carbons (Fsp3) is 0.267. The van der Waals surface area contributed by atoms with Crippen LogP contribution in [-0.2, 0) is 13.0 Å². The summed E-state index contributed by atoms with van der Waals surface area (Å²) < 4.78 is 6.26. The maximum atomic E-state index is 10.7. The van der Waals surface area contributed by atoms with Gasteiger partial charge in [-0.25, -0.2) is 4.79 Å². The van der Waals surface area contributed by atoms with Crippen molar-refractivity contribution in [3.05, 3.63) is 58.0 Å². The van der Waals surface area contributed by atoms with Crippen LogP contribution in [0.4, 0.5) is 0 Å². The highest BCUT2D eigenvalue weighted by atomic mass is 79.9. The second-order valence-corrected chi connectivity index (χ2v) is 5.64. The van der Waals surface area contributed by atoms with E-state index in [4.69, 9.17) is 9.52 Å². The average Bonchev–Trinajstić information content (AvgIpc) is 2.88. The number of carbonyl (C=O) groups is 1. The van der Waals surface area contributed by atoms with Gasteiger partial charge < -0.3 is 14.8 Å². The van der Waals surface area contributed by atoms with E-state index in [1.54, 1.807) is 6.07 Å². The molecule has 1 unspecified atom stereocenters. The summed E-state index contributed by atoms with van der Waals surface area (Å²) >= 11 is 3.41. The molecular formula is C15H16BrNO3. The first kappa shape index (κ1) is 14.8. The van der Waals surface area contributed by atoms with Crippen LogP contribution in [0, 0.1) is 0 Å². The molecule has 1 atom stereocenters. The van der Waals surface area contributed by atoms with Crippen molar-refractivity contribution in [1.29, 1.82) is 0 Å². The molecule has 1 aromatic carbocycles. The van der Waals surface area contributed by atoms with Crippen molar-refractivity contribution >= 4 is 21.9 Å². The van der Waals surface area contributed by atoms with Gasteiger partial charge >= 0.3 is 5.97 Å². The number of furan rings is 1. The maximum Gasteiger partial charge on any atom is 0.338 e. The highest BCUT2D eigenvalue weighted by Crippen LogP contribution is 2.12. The molecule has 1 aromatic heterocycles. The monoisotopic (exact) mass is 337 g/mol. The lowest BCUT2D eigenvalue weighted by molar-refractivity contribution is 0.0696. The van der Waals surface area contributed by atoms with Gasteiger partial charge in [0.25, 0.3) is 0 Å². The van der Waals surface area contributed by atoms with Gasteiger partial charge in [0.05, 0.1) is 12.1 Å². The Morgan fingerprint density at radius 1 is 1.40 bits per heavy atom. The fourth-order valence-corrected chi connectivity index (χ4v) is 2.17. The van der Waals surface area contributed by atoms with E-state index in [2.05, 4.69) is 40.3 Å². The lowest BCUT2D eigenvalue weighted by atomic mass is 10.1. The van der Waals surface area contributed by atoms with Crippen LogP contribution in [0.15, 0.2) is 45.5 Å². The van der Waals surface area contributed by atoms with Crippen LogP contribution < -0.4 is 5.32 Å². The van der Waals surface area contributed by atoms with Crippen LogP contribution in [0.3, 0.4) is 0 Å². The van der Waals surface area contributed by atoms with Gasteiger partial charge in [0.2, 0.25) is 0 Å². The molecule has 5 heteroatoms. The minimum absolute atomic E-state index is 0.183. The largest absolute Gasteiger partial charge is 0.478 e. The van der Waals surface area contributed by atoms with Crippen LogP contribution in [0.2, 0.25) is 0 Å². The third-order valence-electron chi connectivity index (χ3n) is 2.98. The zero-order valence-corrected chi connectivity index (χ0v) is 12.7. The van der Waals surface area contributed by atoms with Crippen molar-refractivity contribution in [2.75, 3.05) is 0 Å². The lowest BCUT2D eigenvalue weighted by Gasteiger charge is -2.12. The molecule has 106 valence electrons. The van der Waals surface area contributed by atoms with Crippen LogP contribution in [0.5, 0.6) is 0 Å². The number of halogens is 1. The summed E-state index contributed by atoms with van der Waals surface area (Å²) in [5.41, 5.74) is 1.43. The first-order valence-electron chi connectivity index (χ1n) is 6.33. The Labute approximate surface area is 125 Å². The number of benzene rings is 1. The Hall–Kier alpha value is -1.59. The van der Waals surface area contributed by atoms with Crippen molar-refractivity contribution < 1.29 is 14.3 Å². The summed E-state index contributed by atoms with van der Waals surface area (Å²) in [7, 11) is 0. The van der Waals surface area contributed by atoms with Crippen LogP contribution >= 0.6 is 15.9 Å². The van der Waals surface area contributed by atoms with E-state index < -0.39 is 5.97 Å². The molecule has 0 amide bonds. The van der Waals surface area contributed by atoms with Crippen molar-refractivity contribution in [1.82, 2.24) is 5.32 Å². The van der Waals surface area contributed by atoms with E-state index in [0.29, 0.717) is 12.3 Å². The maximum absolute atomic E-state index is 10.7. The highest BCUT2D eigenvalue weighted by Gasteiger charge is 2.09. The molecule has 0 fully saturated rings. The topological polar surface area (TPSA) is 62.5 Å². The summed E-state index contributed by atoms with van der Waals surface area (Å²) in [6.07, 6.45) is 2.17. The molecule has 4 nitrogen and oxygen atoms in total. The van der Waals surface area contributed by atoms with Crippen LogP contribution in [0.25, 0.3) is 0 Å². The summed E-state index contributed by atoms with van der Waals surface area (Å²) in [5.74, 6) is -0.340. The van der Waals surface area contributed by atoms with Gasteiger partial charge in [-0.05, 0) is 37.1 Å². The molecule has 2 rings (SSSR count). The van der Waals surface area contributed by atoms with Crippen LogP contribution in [0.1, 0.15) is 28.6 Å². The molecule has 0 bridgehead atoms. The van der Waals surface area contributed by atoms with Gasteiger partial charge in [-0.2, -0.15) is 0 Å². The van der Waals surface area contributed by atoms with E-state index in [1.807, 2.05) is 12.1 Å². The number of aromatic carboxylic acids is 1. The minimum atomic E-state index is -0.970. The molecule has 0 saturated carbocycles. The van der Waals surface area contributed by atoms with Gasteiger partial charge in [0.15, 0.2) is 0 Å². The number of hydrogen-bond donors (Lipinski definition) is 2. The molecular weight excluding hydrogens is 322 g/mol. The molecule has 0 radical (unpaired) electrons. The van der Waals surface area contributed by atoms with Gasteiger partial charge in [-0.15, -0.1) is 0 Å². The van der Waals surface area contributed by atoms with Crippen molar-refractivity contribution in [3.8, 4) is 0 Å². The van der Waals surface area contributed by atoms with Crippen molar-refractivity contribution in [2.24, 2.45) is 0 Å². The molecule has 20 heavy (non-hydrogen) atoms. The van der Waals surface area contributed by atoms with Gasteiger partial charge in [-0.3, -0.25) is 0 Å². The van der Waals surface area contributed by atoms with E-state index in [9.17, 15) is 4.79 Å². The van der Waals surface area contributed by atoms with Crippen LogP contribution in [-0.4, -0.2) is 17.1 Å². The van der Waals surface area contributed by atoms with E-state index in [0.717, 1.165) is 10.9 Å². The number of carboxylic acid groups (broad SMARTS) is 1. The second-order valence-electron chi connectivity index (χ2n) is 4.72. The quantitative estimate of drug-likeness (QED) is 0.847. The summed E-state index contributed by atoms with van der Waals surface area (Å²) in [5, 5.41) is 12.1. The summed E-state index contributed by atoms with van der Waals surface area (Å²) in [6, 6.07) is 10.0. The number of nitrogens with one attached hydrogen (secondary N) is 1. The molecule has 0 spiro atoms. The molecule has 2 N–H and O–H groups in total. The molecule has 0 aliphatic carbocycles. The molecule has 1 heterocycles. The van der Waals surface area contributed by atoms with Crippen molar-refractivity contribution in [3.63, 3.8) is 0 Å². The zero-order chi connectivity index (χ0) is 14.5. The minimum Gasteiger partial charge on any atom is -0.478 e. The van der Waals surface area contributed by atoms with Gasteiger partial charge in [0, 0.05) is 10.5 Å². The van der Waals surface area contributed by atoms with Gasteiger partial charge in [-0.1, -0.05) is 28.1 Å². The average molecular weight is 338 g/mol. The van der Waals surface area contributed by atoms with E-state index >= 15 is 0 Å². The normalized spacial score (nSPS) is 12.3. The Balaban J connectivity index is 1.83. The standard InChI is InChI=1S/C15H16BrNO3/c1-10(6-11-2-4-13(16)5-3-11)17-8-14-7-12(9-20-14)15(18)19/h2-5,7,9-10,17H,6,8H2,1H3,(H,18,19). The first-order valence-corrected chi connectivity index (χ1v) is 7.12. The second kappa shape index (κ2) is 6.72. The molecule has 0 aliphatic rings. The zero-order valence-electron chi connectivity index (χ0n) is 11.1. The Kier molecular flexibility index (Phi) is 4.98. The van der Waals surface area contributed by atoms with E-state index in [1.165, 1.54) is 11.8 Å². The van der Waals surface area contributed by atoms with E-state index in [-0.39, 0.29) is 11.6 Å². The predicted molar refractivity (Wildman–Crippen MR) is 79.8 cm³/mol. The molecule has 0 aliphatic heterocycles. The third kappa shape index (κ3) is 4.21. The Morgan fingerprint density at radius 2 is 2.10 bits per heavy atom. The Bertz CT molecular complexity index is 577. The highest BCUT2D eigenvalue weighted by molar-refractivity contribution is 9.10. The van der Waals surface area contributed by atoms with Crippen molar-refractivity contribution in [2.45, 2.75) is 25.9 Å². The lowest BCUT2D eigenvalue weighted by Crippen LogP contribution is -2.27. The smallest absolute Gasteiger partial charge is 0.338 e.